The van der Waals surface area contributed by atoms with Crippen molar-refractivity contribution in [3.8, 4) is 6.07 Å². The number of hydrogen-bond donors (Lipinski definition) is 0. The van der Waals surface area contributed by atoms with Crippen molar-refractivity contribution in [3.63, 3.8) is 0 Å². The maximum atomic E-state index is 11.8. The van der Waals surface area contributed by atoms with E-state index in [0.717, 1.165) is 0 Å². The molecule has 1 amide bonds. The van der Waals surface area contributed by atoms with E-state index in [-0.39, 0.29) is 18.1 Å². The van der Waals surface area contributed by atoms with Crippen molar-refractivity contribution >= 4 is 11.6 Å². The van der Waals surface area contributed by atoms with Crippen LogP contribution in [0.25, 0.3) is 0 Å². The second kappa shape index (κ2) is 5.07. The summed E-state index contributed by atoms with van der Waals surface area (Å²) < 4.78 is 0. The molecule has 17 heavy (non-hydrogen) atoms. The predicted octanol–water partition coefficient (Wildman–Crippen LogP) is 1.50. The Morgan fingerprint density at radius 3 is 2.71 bits per heavy atom. The van der Waals surface area contributed by atoms with E-state index in [1.165, 1.54) is 30.1 Å². The minimum Gasteiger partial charge on any atom is -0.328 e. The van der Waals surface area contributed by atoms with Crippen molar-refractivity contribution in [3.05, 3.63) is 39.4 Å². The SMILES string of the molecule is Cc1cc([N+](=O)[O-])ccc1C(=O)N(C)CC#N. The topological polar surface area (TPSA) is 87.2 Å². The first-order valence-corrected chi connectivity index (χ1v) is 4.85. The molecular weight excluding hydrogens is 222 g/mol. The molecule has 0 saturated heterocycles. The molecule has 0 aromatic heterocycles. The number of nitrogens with zero attached hydrogens (tertiary/aromatic N) is 3. The van der Waals surface area contributed by atoms with Gasteiger partial charge in [-0.15, -0.1) is 0 Å². The fourth-order valence-electron chi connectivity index (χ4n) is 1.38. The maximum absolute atomic E-state index is 11.8. The van der Waals surface area contributed by atoms with E-state index in [4.69, 9.17) is 5.26 Å². The lowest BCUT2D eigenvalue weighted by Crippen LogP contribution is -2.27. The summed E-state index contributed by atoms with van der Waals surface area (Å²) in [7, 11) is 1.51. The van der Waals surface area contributed by atoms with E-state index >= 15 is 0 Å². The molecule has 0 spiro atoms. The lowest BCUT2D eigenvalue weighted by atomic mass is 10.1. The van der Waals surface area contributed by atoms with E-state index < -0.39 is 4.92 Å². The number of aryl methyl sites for hydroxylation is 1. The summed E-state index contributed by atoms with van der Waals surface area (Å²) in [6, 6.07) is 5.89. The number of nitro benzene ring substituents is 1. The minimum absolute atomic E-state index is 0.0186. The van der Waals surface area contributed by atoms with Crippen molar-refractivity contribution in [1.29, 1.82) is 5.26 Å². The van der Waals surface area contributed by atoms with Crippen LogP contribution in [0.1, 0.15) is 15.9 Å². The van der Waals surface area contributed by atoms with Gasteiger partial charge in [-0.1, -0.05) is 0 Å². The van der Waals surface area contributed by atoms with Crippen LogP contribution in [0.4, 0.5) is 5.69 Å². The van der Waals surface area contributed by atoms with Gasteiger partial charge < -0.3 is 4.90 Å². The second-order valence-electron chi connectivity index (χ2n) is 3.58. The zero-order chi connectivity index (χ0) is 13.0. The number of non-ortho nitro benzene ring substituents is 1. The fraction of sp³-hybridized carbons (Fsp3) is 0.273. The third-order valence-corrected chi connectivity index (χ3v) is 2.31. The van der Waals surface area contributed by atoms with Crippen molar-refractivity contribution in [2.24, 2.45) is 0 Å². The summed E-state index contributed by atoms with van der Waals surface area (Å²) in [5.41, 5.74) is 0.837. The normalized spacial score (nSPS) is 9.47. The van der Waals surface area contributed by atoms with Crippen molar-refractivity contribution < 1.29 is 9.72 Å². The highest BCUT2D eigenvalue weighted by Crippen LogP contribution is 2.18. The molecule has 0 N–H and O–H groups in total. The summed E-state index contributed by atoms with van der Waals surface area (Å²) in [5, 5.41) is 19.0. The molecule has 0 unspecified atom stereocenters. The number of nitro groups is 1. The Hall–Kier alpha value is -2.42. The highest BCUT2D eigenvalue weighted by atomic mass is 16.6. The van der Waals surface area contributed by atoms with E-state index in [0.29, 0.717) is 11.1 Å². The summed E-state index contributed by atoms with van der Waals surface area (Å²) in [6.45, 7) is 1.61. The lowest BCUT2D eigenvalue weighted by molar-refractivity contribution is -0.384. The molecule has 0 fully saturated rings. The molecule has 0 atom stereocenters. The minimum atomic E-state index is -0.514. The standard InChI is InChI=1S/C11H11N3O3/c1-8-7-9(14(16)17)3-4-10(8)11(15)13(2)6-5-12/h3-4,7H,6H2,1-2H3. The average Bonchev–Trinajstić information content (AvgIpc) is 2.28. The summed E-state index contributed by atoms with van der Waals surface area (Å²) in [6.07, 6.45) is 0. The smallest absolute Gasteiger partial charge is 0.269 e. The number of carbonyl (C=O) groups excluding carboxylic acids is 1. The molecule has 1 aromatic rings. The molecule has 0 bridgehead atoms. The largest absolute Gasteiger partial charge is 0.328 e. The number of rotatable bonds is 3. The Kier molecular flexibility index (Phi) is 3.78. The van der Waals surface area contributed by atoms with Crippen molar-refractivity contribution in [2.45, 2.75) is 6.92 Å². The second-order valence-corrected chi connectivity index (χ2v) is 3.58. The molecule has 0 aliphatic rings. The van der Waals surface area contributed by atoms with Crippen molar-refractivity contribution in [2.75, 3.05) is 13.6 Å². The molecule has 0 saturated carbocycles. The van der Waals surface area contributed by atoms with Gasteiger partial charge in [0.25, 0.3) is 11.6 Å². The van der Waals surface area contributed by atoms with Crippen LogP contribution in [-0.4, -0.2) is 29.3 Å². The Bertz CT molecular complexity index is 505. The molecule has 1 aromatic carbocycles. The summed E-state index contributed by atoms with van der Waals surface area (Å²) in [5.74, 6) is -0.320. The third-order valence-electron chi connectivity index (χ3n) is 2.31. The Morgan fingerprint density at radius 2 is 2.24 bits per heavy atom. The van der Waals surface area contributed by atoms with Gasteiger partial charge in [0.2, 0.25) is 0 Å². The highest BCUT2D eigenvalue weighted by Gasteiger charge is 2.16. The number of hydrogen-bond acceptors (Lipinski definition) is 4. The van der Waals surface area contributed by atoms with Gasteiger partial charge in [-0.2, -0.15) is 5.26 Å². The van der Waals surface area contributed by atoms with Gasteiger partial charge in [0.15, 0.2) is 0 Å². The predicted molar refractivity (Wildman–Crippen MR) is 60.4 cm³/mol. The molecule has 0 aliphatic carbocycles. The molecule has 0 aliphatic heterocycles. The van der Waals surface area contributed by atoms with Crippen molar-refractivity contribution in [1.82, 2.24) is 4.90 Å². The quantitative estimate of drug-likeness (QED) is 0.449. The average molecular weight is 233 g/mol. The first-order valence-electron chi connectivity index (χ1n) is 4.85. The molecule has 1 rings (SSSR count). The number of carbonyl (C=O) groups is 1. The highest BCUT2D eigenvalue weighted by molar-refractivity contribution is 5.95. The van der Waals surface area contributed by atoms with Crippen LogP contribution < -0.4 is 0 Å². The maximum Gasteiger partial charge on any atom is 0.269 e. The van der Waals surface area contributed by atoms with Gasteiger partial charge in [0.1, 0.15) is 6.54 Å². The zero-order valence-electron chi connectivity index (χ0n) is 9.51. The van der Waals surface area contributed by atoms with Crippen LogP contribution >= 0.6 is 0 Å². The van der Waals surface area contributed by atoms with Crippen LogP contribution in [0.15, 0.2) is 18.2 Å². The fourth-order valence-corrected chi connectivity index (χ4v) is 1.38. The first kappa shape index (κ1) is 12.6. The van der Waals surface area contributed by atoms with E-state index in [1.807, 2.05) is 6.07 Å². The van der Waals surface area contributed by atoms with Gasteiger partial charge in [0.05, 0.1) is 11.0 Å². The van der Waals surface area contributed by atoms with E-state index in [9.17, 15) is 14.9 Å². The van der Waals surface area contributed by atoms with Gasteiger partial charge in [-0.25, -0.2) is 0 Å². The van der Waals surface area contributed by atoms with Gasteiger partial charge in [-0.05, 0) is 18.6 Å². The lowest BCUT2D eigenvalue weighted by Gasteiger charge is -2.14. The number of benzene rings is 1. The summed E-state index contributed by atoms with van der Waals surface area (Å²) >= 11 is 0. The van der Waals surface area contributed by atoms with Gasteiger partial charge in [-0.3, -0.25) is 14.9 Å². The molecular formula is C11H11N3O3. The molecule has 6 nitrogen and oxygen atoms in total. The van der Waals surface area contributed by atoms with Crippen LogP contribution in [0.5, 0.6) is 0 Å². The van der Waals surface area contributed by atoms with Crippen LogP contribution in [0.2, 0.25) is 0 Å². The van der Waals surface area contributed by atoms with Gasteiger partial charge in [0, 0.05) is 24.7 Å². The number of nitriles is 1. The van der Waals surface area contributed by atoms with E-state index in [1.54, 1.807) is 6.92 Å². The van der Waals surface area contributed by atoms with E-state index in [2.05, 4.69) is 0 Å². The molecule has 0 radical (unpaired) electrons. The third kappa shape index (κ3) is 2.78. The molecule has 0 heterocycles. The number of amides is 1. The van der Waals surface area contributed by atoms with Crippen LogP contribution in [-0.2, 0) is 0 Å². The zero-order valence-corrected chi connectivity index (χ0v) is 9.51. The molecule has 88 valence electrons. The van der Waals surface area contributed by atoms with Crippen LogP contribution in [0.3, 0.4) is 0 Å². The summed E-state index contributed by atoms with van der Waals surface area (Å²) in [4.78, 5) is 23.1. The Labute approximate surface area is 98.2 Å². The molecule has 6 heteroatoms. The first-order chi connectivity index (χ1) is 7.97. The Balaban J connectivity index is 3.05. The van der Waals surface area contributed by atoms with Gasteiger partial charge >= 0.3 is 0 Å². The van der Waals surface area contributed by atoms with Crippen LogP contribution in [0, 0.1) is 28.4 Å². The Morgan fingerprint density at radius 1 is 1.59 bits per heavy atom. The monoisotopic (exact) mass is 233 g/mol.